The molecule has 3 nitrogen and oxygen atoms in total. The fraction of sp³-hybridized carbons (Fsp3) is 0.300. The van der Waals surface area contributed by atoms with Crippen LogP contribution in [0.5, 0.6) is 17.2 Å². The minimum Gasteiger partial charge on any atom is -0.494 e. The highest BCUT2D eigenvalue weighted by Crippen LogP contribution is 2.28. The van der Waals surface area contributed by atoms with Gasteiger partial charge in [-0.15, -0.1) is 0 Å². The minimum absolute atomic E-state index is 0.628. The van der Waals surface area contributed by atoms with Crippen molar-refractivity contribution in [2.24, 2.45) is 0 Å². The first kappa shape index (κ1) is 18.2. The van der Waals surface area contributed by atoms with Gasteiger partial charge in [-0.2, -0.15) is 0 Å². The Labute approximate surface area is 148 Å². The van der Waals surface area contributed by atoms with Crippen molar-refractivity contribution < 1.29 is 14.2 Å². The lowest BCUT2D eigenvalue weighted by Crippen LogP contribution is -2.03. The second-order valence-corrected chi connectivity index (χ2v) is 5.70. The molecule has 24 heavy (non-hydrogen) atoms. The van der Waals surface area contributed by atoms with E-state index in [2.05, 4.69) is 0 Å². The molecule has 0 saturated carbocycles. The summed E-state index contributed by atoms with van der Waals surface area (Å²) in [6.07, 6.45) is 5.85. The number of ether oxygens (including phenoxy) is 3. The second kappa shape index (κ2) is 9.89. The zero-order valence-electron chi connectivity index (χ0n) is 14.1. The maximum Gasteiger partial charge on any atom is 0.161 e. The SMILES string of the molecule is C/C=C/c1ccc(OCCCCOc2ccc(Cl)cc2)c(OC)c1. The van der Waals surface area contributed by atoms with Crippen LogP contribution in [0.4, 0.5) is 0 Å². The van der Waals surface area contributed by atoms with Gasteiger partial charge in [0.15, 0.2) is 11.5 Å². The Morgan fingerprint density at radius 3 is 2.29 bits per heavy atom. The van der Waals surface area contributed by atoms with Gasteiger partial charge in [0.25, 0.3) is 0 Å². The predicted molar refractivity (Wildman–Crippen MR) is 99.4 cm³/mol. The molecule has 0 spiro atoms. The minimum atomic E-state index is 0.628. The Bertz CT molecular complexity index is 650. The molecule has 2 aromatic rings. The van der Waals surface area contributed by atoms with Crippen LogP contribution in [-0.4, -0.2) is 20.3 Å². The summed E-state index contributed by atoms with van der Waals surface area (Å²) in [5, 5.41) is 0.713. The summed E-state index contributed by atoms with van der Waals surface area (Å²) in [7, 11) is 1.65. The van der Waals surface area contributed by atoms with Gasteiger partial charge in [0.2, 0.25) is 0 Å². The highest BCUT2D eigenvalue weighted by Gasteiger charge is 2.04. The van der Waals surface area contributed by atoms with Crippen molar-refractivity contribution in [3.8, 4) is 17.2 Å². The number of hydrogen-bond donors (Lipinski definition) is 0. The molecule has 0 aliphatic carbocycles. The monoisotopic (exact) mass is 346 g/mol. The van der Waals surface area contributed by atoms with Gasteiger partial charge in [0, 0.05) is 5.02 Å². The maximum absolute atomic E-state index is 5.84. The Morgan fingerprint density at radius 2 is 1.62 bits per heavy atom. The second-order valence-electron chi connectivity index (χ2n) is 5.27. The Balaban J connectivity index is 1.71. The van der Waals surface area contributed by atoms with Gasteiger partial charge in [0.05, 0.1) is 20.3 Å². The molecule has 0 bridgehead atoms. The molecule has 4 heteroatoms. The molecule has 0 unspecified atom stereocenters. The van der Waals surface area contributed by atoms with E-state index in [9.17, 15) is 0 Å². The number of methoxy groups -OCH3 is 1. The topological polar surface area (TPSA) is 27.7 Å². The van der Waals surface area contributed by atoms with E-state index in [0.717, 1.165) is 35.7 Å². The van der Waals surface area contributed by atoms with Crippen LogP contribution in [0.15, 0.2) is 48.5 Å². The van der Waals surface area contributed by atoms with Gasteiger partial charge >= 0.3 is 0 Å². The standard InChI is InChI=1S/C20H23ClO3/c1-3-6-16-7-12-19(20(15-16)22-2)24-14-5-4-13-23-18-10-8-17(21)9-11-18/h3,6-12,15H,4-5,13-14H2,1-2H3/b6-3+. The van der Waals surface area contributed by atoms with Crippen molar-refractivity contribution in [3.63, 3.8) is 0 Å². The molecule has 0 fully saturated rings. The van der Waals surface area contributed by atoms with Crippen molar-refractivity contribution in [2.75, 3.05) is 20.3 Å². The molecule has 0 saturated heterocycles. The molecule has 0 radical (unpaired) electrons. The first-order chi connectivity index (χ1) is 11.7. The fourth-order valence-corrected chi connectivity index (χ4v) is 2.33. The smallest absolute Gasteiger partial charge is 0.161 e. The van der Waals surface area contributed by atoms with Gasteiger partial charge in [-0.25, -0.2) is 0 Å². The first-order valence-electron chi connectivity index (χ1n) is 8.05. The lowest BCUT2D eigenvalue weighted by atomic mass is 10.2. The molecule has 2 aromatic carbocycles. The average Bonchev–Trinajstić information content (AvgIpc) is 2.60. The summed E-state index contributed by atoms with van der Waals surface area (Å²) < 4.78 is 16.8. The number of hydrogen-bond acceptors (Lipinski definition) is 3. The molecule has 0 atom stereocenters. The third kappa shape index (κ3) is 5.82. The van der Waals surface area contributed by atoms with Gasteiger partial charge in [-0.1, -0.05) is 29.8 Å². The van der Waals surface area contributed by atoms with Crippen molar-refractivity contribution in [1.82, 2.24) is 0 Å². The van der Waals surface area contributed by atoms with Gasteiger partial charge in [-0.05, 0) is 61.7 Å². The van der Waals surface area contributed by atoms with Gasteiger partial charge in [0.1, 0.15) is 5.75 Å². The third-order valence-electron chi connectivity index (χ3n) is 3.43. The molecular formula is C20H23ClO3. The molecule has 128 valence electrons. The largest absolute Gasteiger partial charge is 0.494 e. The van der Waals surface area contributed by atoms with Crippen LogP contribution in [0, 0.1) is 0 Å². The summed E-state index contributed by atoms with van der Waals surface area (Å²) >= 11 is 5.84. The van der Waals surface area contributed by atoms with E-state index < -0.39 is 0 Å². The molecule has 0 aliphatic rings. The normalized spacial score (nSPS) is 10.8. The van der Waals surface area contributed by atoms with Crippen LogP contribution in [0.2, 0.25) is 5.02 Å². The van der Waals surface area contributed by atoms with E-state index >= 15 is 0 Å². The van der Waals surface area contributed by atoms with E-state index in [0.29, 0.717) is 18.2 Å². The summed E-state index contributed by atoms with van der Waals surface area (Å²) in [4.78, 5) is 0. The molecule has 0 heterocycles. The summed E-state index contributed by atoms with van der Waals surface area (Å²) in [5.41, 5.74) is 1.10. The van der Waals surface area contributed by atoms with E-state index in [1.54, 1.807) is 7.11 Å². The Hall–Kier alpha value is -2.13. The van der Waals surface area contributed by atoms with Crippen LogP contribution in [0.3, 0.4) is 0 Å². The van der Waals surface area contributed by atoms with Gasteiger partial charge in [-0.3, -0.25) is 0 Å². The number of rotatable bonds is 9. The maximum atomic E-state index is 5.84. The van der Waals surface area contributed by atoms with Crippen molar-refractivity contribution >= 4 is 17.7 Å². The lowest BCUT2D eigenvalue weighted by Gasteiger charge is -2.11. The zero-order valence-corrected chi connectivity index (χ0v) is 14.9. The van der Waals surface area contributed by atoms with Crippen molar-refractivity contribution in [2.45, 2.75) is 19.8 Å². The van der Waals surface area contributed by atoms with Crippen LogP contribution in [-0.2, 0) is 0 Å². The number of unbranched alkanes of at least 4 members (excludes halogenated alkanes) is 1. The highest BCUT2D eigenvalue weighted by molar-refractivity contribution is 6.30. The molecule has 2 rings (SSSR count). The summed E-state index contributed by atoms with van der Waals surface area (Å²) in [5.74, 6) is 2.36. The molecule has 0 aliphatic heterocycles. The third-order valence-corrected chi connectivity index (χ3v) is 3.68. The molecule has 0 aromatic heterocycles. The average molecular weight is 347 g/mol. The number of halogens is 1. The van der Waals surface area contributed by atoms with Crippen LogP contribution in [0.25, 0.3) is 6.08 Å². The van der Waals surface area contributed by atoms with Crippen LogP contribution >= 0.6 is 11.6 Å². The quantitative estimate of drug-likeness (QED) is 0.551. The van der Waals surface area contributed by atoms with E-state index in [1.165, 1.54) is 0 Å². The Kier molecular flexibility index (Phi) is 7.50. The molecule has 0 N–H and O–H groups in total. The van der Waals surface area contributed by atoms with Crippen LogP contribution < -0.4 is 14.2 Å². The van der Waals surface area contributed by atoms with E-state index in [-0.39, 0.29) is 0 Å². The summed E-state index contributed by atoms with van der Waals surface area (Å²) in [6.45, 7) is 3.27. The highest BCUT2D eigenvalue weighted by atomic mass is 35.5. The van der Waals surface area contributed by atoms with E-state index in [4.69, 9.17) is 25.8 Å². The molecule has 0 amide bonds. The van der Waals surface area contributed by atoms with Crippen molar-refractivity contribution in [1.29, 1.82) is 0 Å². The lowest BCUT2D eigenvalue weighted by molar-refractivity contribution is 0.258. The van der Waals surface area contributed by atoms with Gasteiger partial charge < -0.3 is 14.2 Å². The predicted octanol–water partition coefficient (Wildman–Crippen LogP) is 5.62. The number of allylic oxidation sites excluding steroid dienone is 1. The summed E-state index contributed by atoms with van der Waals surface area (Å²) in [6, 6.07) is 13.3. The molecular weight excluding hydrogens is 324 g/mol. The first-order valence-corrected chi connectivity index (χ1v) is 8.42. The number of benzene rings is 2. The van der Waals surface area contributed by atoms with E-state index in [1.807, 2.05) is 61.5 Å². The zero-order chi connectivity index (χ0) is 17.2. The van der Waals surface area contributed by atoms with Crippen molar-refractivity contribution in [3.05, 3.63) is 59.1 Å². The Morgan fingerprint density at radius 1 is 0.917 bits per heavy atom. The van der Waals surface area contributed by atoms with Crippen LogP contribution in [0.1, 0.15) is 25.3 Å². The fourth-order valence-electron chi connectivity index (χ4n) is 2.21.